The zero-order chi connectivity index (χ0) is 50.3. The highest BCUT2D eigenvalue weighted by Gasteiger charge is 2.33. The smallest absolute Gasteiger partial charge is 0.355 e. The Morgan fingerprint density at radius 3 is 2.52 bits per heavy atom. The van der Waals surface area contributed by atoms with Gasteiger partial charge in [0.25, 0.3) is 5.91 Å². The van der Waals surface area contributed by atoms with E-state index in [1.807, 2.05) is 96.3 Å². The molecule has 4 aliphatic rings. The highest BCUT2D eigenvalue weighted by molar-refractivity contribution is 7.22. The lowest BCUT2D eigenvalue weighted by Gasteiger charge is -2.41. The number of ether oxygens (including phenoxy) is 1. The molecule has 3 fully saturated rings. The number of nitrogens with one attached hydrogen (secondary N) is 2. The van der Waals surface area contributed by atoms with Gasteiger partial charge in [0.15, 0.2) is 10.8 Å². The summed E-state index contributed by atoms with van der Waals surface area (Å²) in [5.41, 5.74) is 8.49. The summed E-state index contributed by atoms with van der Waals surface area (Å²) in [4.78, 5) is 67.5. The lowest BCUT2D eigenvalue weighted by Crippen LogP contribution is -2.52. The first-order valence-electron chi connectivity index (χ1n) is 25.8. The molecule has 4 aromatic carbocycles. The Bertz CT molecular complexity index is 3240. The van der Waals surface area contributed by atoms with Gasteiger partial charge in [0.1, 0.15) is 11.6 Å². The number of benzene rings is 4. The number of rotatable bonds is 13. The van der Waals surface area contributed by atoms with Gasteiger partial charge in [-0.2, -0.15) is 5.10 Å². The van der Waals surface area contributed by atoms with Crippen LogP contribution in [0.3, 0.4) is 0 Å². The fraction of sp³-hybridized carbons (Fsp3) is 0.386. The second-order valence-corrected chi connectivity index (χ2v) is 21.3. The van der Waals surface area contributed by atoms with Crippen LogP contribution in [0, 0.1) is 12.8 Å². The van der Waals surface area contributed by atoms with E-state index in [4.69, 9.17) is 14.8 Å². The molecule has 11 rings (SSSR count). The number of aromatic nitrogens is 4. The summed E-state index contributed by atoms with van der Waals surface area (Å²) in [6, 6.07) is 30.0. The van der Waals surface area contributed by atoms with E-state index >= 15 is 0 Å². The first-order chi connectivity index (χ1) is 35.4. The Morgan fingerprint density at radius 2 is 1.71 bits per heavy atom. The van der Waals surface area contributed by atoms with Crippen molar-refractivity contribution in [3.63, 3.8) is 0 Å². The number of piperidine rings is 1. The number of hydrogen-bond acceptors (Lipinski definition) is 12. The normalized spacial score (nSPS) is 20.5. The van der Waals surface area contributed by atoms with Gasteiger partial charge in [0.2, 0.25) is 11.8 Å². The summed E-state index contributed by atoms with van der Waals surface area (Å²) in [5.74, 6) is -0.230. The van der Waals surface area contributed by atoms with Gasteiger partial charge < -0.3 is 19.6 Å². The van der Waals surface area contributed by atoms with Crippen LogP contribution in [0.2, 0.25) is 0 Å². The minimum absolute atomic E-state index is 0.0201. The number of piperazine rings is 1. The van der Waals surface area contributed by atoms with Crippen LogP contribution < -0.4 is 25.2 Å². The van der Waals surface area contributed by atoms with E-state index < -0.39 is 11.9 Å². The third-order valence-electron chi connectivity index (χ3n) is 15.7. The number of para-hydroxylation sites is 1. The molecule has 6 heterocycles. The van der Waals surface area contributed by atoms with Gasteiger partial charge in [-0.05, 0) is 155 Å². The fourth-order valence-corrected chi connectivity index (χ4v) is 12.5. The summed E-state index contributed by atoms with van der Waals surface area (Å²) in [6.45, 7) is 9.34. The molecule has 0 unspecified atom stereocenters. The molecule has 16 heteroatoms. The van der Waals surface area contributed by atoms with Crippen LogP contribution in [0.15, 0.2) is 91.0 Å². The molecule has 3 aromatic heterocycles. The number of pyridine rings is 1. The van der Waals surface area contributed by atoms with Gasteiger partial charge in [0.05, 0.1) is 33.4 Å². The zero-order valence-electron chi connectivity index (χ0n) is 41.6. The van der Waals surface area contributed by atoms with E-state index in [1.54, 1.807) is 0 Å². The van der Waals surface area contributed by atoms with Crippen molar-refractivity contribution in [2.75, 3.05) is 47.8 Å². The molecule has 15 nitrogen and oxygen atoms in total. The predicted octanol–water partition coefficient (Wildman–Crippen LogP) is 9.52. The van der Waals surface area contributed by atoms with Crippen molar-refractivity contribution in [1.82, 2.24) is 30.0 Å². The Kier molecular flexibility index (Phi) is 13.4. The van der Waals surface area contributed by atoms with E-state index in [-0.39, 0.29) is 29.5 Å². The number of aryl methyl sites for hydroxylation is 1. The van der Waals surface area contributed by atoms with Crippen LogP contribution in [-0.4, -0.2) is 98.3 Å². The number of hydrogen-bond donors (Lipinski definition) is 3. The van der Waals surface area contributed by atoms with Crippen molar-refractivity contribution in [1.29, 1.82) is 0 Å². The molecule has 0 spiro atoms. The Labute approximate surface area is 428 Å². The number of nitrogens with zero attached hydrogens (tertiary/aromatic N) is 7. The molecule has 3 aliphatic heterocycles. The number of carboxylic acids is 1. The second kappa shape index (κ2) is 20.4. The van der Waals surface area contributed by atoms with Crippen LogP contribution in [0.5, 0.6) is 5.75 Å². The van der Waals surface area contributed by atoms with Crippen molar-refractivity contribution in [3.05, 3.63) is 125 Å². The molecule has 2 atom stereocenters. The SMILES string of the molecule is Cc1c(OC2CCC(CCCN3CCN(c4ccc5c([C@@H]6CCC(=O)NC6=O)nn(C)c5c4)C[C@@H]3C)CC2)cccc1-c1ccc(N2CCc3cccc(C(=O)Nc4nc5ccccc5s4)c3C2)nc1C(=O)O. The second-order valence-electron chi connectivity index (χ2n) is 20.3. The summed E-state index contributed by atoms with van der Waals surface area (Å²) in [6.07, 6.45) is 8.19. The number of carbonyl (C=O) groups excluding carboxylic acids is 3. The van der Waals surface area contributed by atoms with Crippen molar-refractivity contribution >= 4 is 72.8 Å². The quantitative estimate of drug-likeness (QED) is 0.0935. The Balaban J connectivity index is 0.670. The molecule has 1 aliphatic carbocycles. The van der Waals surface area contributed by atoms with Gasteiger partial charge >= 0.3 is 5.97 Å². The van der Waals surface area contributed by atoms with E-state index in [1.165, 1.54) is 24.2 Å². The predicted molar refractivity (Wildman–Crippen MR) is 285 cm³/mol. The summed E-state index contributed by atoms with van der Waals surface area (Å²) in [7, 11) is 1.92. The van der Waals surface area contributed by atoms with Crippen LogP contribution in [0.1, 0.15) is 107 Å². The van der Waals surface area contributed by atoms with E-state index in [0.717, 1.165) is 112 Å². The molecule has 0 radical (unpaired) electrons. The molecule has 0 bridgehead atoms. The Hall–Kier alpha value is -7.17. The van der Waals surface area contributed by atoms with Crippen molar-refractivity contribution in [2.45, 2.75) is 96.2 Å². The van der Waals surface area contributed by atoms with Crippen molar-refractivity contribution in [2.24, 2.45) is 13.0 Å². The molecule has 3 N–H and O–H groups in total. The van der Waals surface area contributed by atoms with Gasteiger partial charge in [-0.25, -0.2) is 14.8 Å². The minimum atomic E-state index is -1.10. The number of thiazole rings is 1. The van der Waals surface area contributed by atoms with Crippen LogP contribution >= 0.6 is 11.3 Å². The molecule has 376 valence electrons. The molecule has 2 saturated heterocycles. The number of fused-ring (bicyclic) bond motifs is 3. The van der Waals surface area contributed by atoms with Crippen molar-refractivity contribution < 1.29 is 29.0 Å². The lowest BCUT2D eigenvalue weighted by molar-refractivity contribution is -0.134. The highest BCUT2D eigenvalue weighted by atomic mass is 32.1. The maximum atomic E-state index is 13.7. The van der Waals surface area contributed by atoms with Gasteiger partial charge in [-0.3, -0.25) is 34.6 Å². The first-order valence-corrected chi connectivity index (χ1v) is 26.6. The summed E-state index contributed by atoms with van der Waals surface area (Å²) < 4.78 is 9.56. The van der Waals surface area contributed by atoms with Crippen molar-refractivity contribution in [3.8, 4) is 16.9 Å². The molecule has 3 amide bonds. The molecule has 73 heavy (non-hydrogen) atoms. The highest BCUT2D eigenvalue weighted by Crippen LogP contribution is 2.38. The third kappa shape index (κ3) is 9.89. The third-order valence-corrected chi connectivity index (χ3v) is 16.7. The minimum Gasteiger partial charge on any atom is -0.490 e. The molecular weight excluding hydrogens is 939 g/mol. The van der Waals surface area contributed by atoms with Crippen LogP contribution in [-0.2, 0) is 29.6 Å². The molecular formula is C57H61N9O6S. The topological polar surface area (TPSA) is 175 Å². The number of imide groups is 1. The monoisotopic (exact) mass is 999 g/mol. The fourth-order valence-electron chi connectivity index (χ4n) is 11.7. The number of amides is 3. The summed E-state index contributed by atoms with van der Waals surface area (Å²) in [5, 5.41) is 22.3. The number of carbonyl (C=O) groups is 4. The summed E-state index contributed by atoms with van der Waals surface area (Å²) >= 11 is 1.44. The Morgan fingerprint density at radius 1 is 0.877 bits per heavy atom. The standard InChI is InChI=1S/C57H61N9O6S/c1-34-32-65(38-18-21-43-47(31-38)63(3)62-52(43)44-23-25-51(67)60-55(44)69)30-29-64(34)27-8-9-36-16-19-39(20-17-36)72-48-14-7-11-40(35(48)2)41-22-24-50(59-53(41)56(70)71)66-28-26-37-10-6-12-42(45(37)33-66)54(68)61-57-58-46-13-4-5-15-49(46)73-57/h4-7,10-15,18,21-22,24,31,34,36,39,44H,8-9,16-17,19-20,23,25-30,32-33H2,1-3H3,(H,70,71)(H,58,61,68)(H,60,67,69)/t34-,36?,39?,44-/m0/s1. The van der Waals surface area contributed by atoms with Gasteiger partial charge in [-0.1, -0.05) is 47.7 Å². The zero-order valence-corrected chi connectivity index (χ0v) is 42.4. The van der Waals surface area contributed by atoms with E-state index in [9.17, 15) is 24.3 Å². The van der Waals surface area contributed by atoms with Gasteiger partial charge in [0, 0.05) is 74.4 Å². The average molecular weight is 1000 g/mol. The van der Waals surface area contributed by atoms with Gasteiger partial charge in [-0.15, -0.1) is 0 Å². The average Bonchev–Trinajstić information content (AvgIpc) is 3.96. The number of anilines is 3. The maximum absolute atomic E-state index is 13.7. The first kappa shape index (κ1) is 48.1. The number of aromatic carboxylic acids is 1. The van der Waals surface area contributed by atoms with E-state index in [2.05, 4.69) is 50.5 Å². The van der Waals surface area contributed by atoms with Crippen LogP contribution in [0.25, 0.3) is 32.2 Å². The van der Waals surface area contributed by atoms with Crippen LogP contribution in [0.4, 0.5) is 16.6 Å². The molecule has 7 aromatic rings. The molecule has 1 saturated carbocycles. The number of carboxylic acid groups (broad SMARTS) is 1. The van der Waals surface area contributed by atoms with E-state index in [0.29, 0.717) is 66.4 Å². The lowest BCUT2D eigenvalue weighted by atomic mass is 9.84. The maximum Gasteiger partial charge on any atom is 0.355 e. The largest absolute Gasteiger partial charge is 0.490 e.